The highest BCUT2D eigenvalue weighted by molar-refractivity contribution is 7.99. The second-order valence-corrected chi connectivity index (χ2v) is 7.85. The van der Waals surface area contributed by atoms with Crippen molar-refractivity contribution >= 4 is 34.1 Å². The Hall–Kier alpha value is -2.39. The molecule has 0 aliphatic heterocycles. The van der Waals surface area contributed by atoms with Crippen LogP contribution in [0.5, 0.6) is 5.75 Å². The first-order valence-electron chi connectivity index (χ1n) is 9.11. The van der Waals surface area contributed by atoms with Gasteiger partial charge in [0, 0.05) is 18.1 Å². The number of nitrogens with zero attached hydrogens (tertiary/aromatic N) is 4. The number of rotatable bonds is 9. The van der Waals surface area contributed by atoms with Gasteiger partial charge in [-0.2, -0.15) is 0 Å². The van der Waals surface area contributed by atoms with Crippen molar-refractivity contribution in [3.63, 3.8) is 0 Å². The van der Waals surface area contributed by atoms with E-state index in [4.69, 9.17) is 4.74 Å². The second kappa shape index (κ2) is 9.70. The number of anilines is 1. The van der Waals surface area contributed by atoms with Crippen molar-refractivity contribution in [1.82, 2.24) is 19.7 Å². The standard InChI is InChI=1S/C19H23N5O2S2/c1-4-14-6-8-15(9-7-14)26-13(3)17-22-23-19(24(17)5-2)28-12-16(25)21-18-20-10-11-27-18/h6-11,13H,4-5,12H2,1-3H3,(H,20,21,25). The van der Waals surface area contributed by atoms with Crippen LogP contribution in [0.15, 0.2) is 41.0 Å². The number of thiazole rings is 1. The van der Waals surface area contributed by atoms with Crippen LogP contribution >= 0.6 is 23.1 Å². The van der Waals surface area contributed by atoms with Gasteiger partial charge in [-0.1, -0.05) is 30.8 Å². The molecule has 0 radical (unpaired) electrons. The van der Waals surface area contributed by atoms with Crippen molar-refractivity contribution in [3.05, 3.63) is 47.2 Å². The number of hydrogen-bond acceptors (Lipinski definition) is 7. The average molecular weight is 418 g/mol. The molecule has 0 saturated heterocycles. The van der Waals surface area contributed by atoms with E-state index in [1.807, 2.05) is 35.9 Å². The fourth-order valence-corrected chi connectivity index (χ4v) is 3.99. The number of ether oxygens (including phenoxy) is 1. The Morgan fingerprint density at radius 3 is 2.71 bits per heavy atom. The number of aromatic nitrogens is 4. The van der Waals surface area contributed by atoms with Crippen LogP contribution in [0.2, 0.25) is 0 Å². The Bertz CT molecular complexity index is 894. The number of nitrogens with one attached hydrogen (secondary N) is 1. The largest absolute Gasteiger partial charge is 0.483 e. The van der Waals surface area contributed by atoms with Crippen molar-refractivity contribution in [1.29, 1.82) is 0 Å². The summed E-state index contributed by atoms with van der Waals surface area (Å²) in [5, 5.41) is 14.4. The third-order valence-corrected chi connectivity index (χ3v) is 5.74. The van der Waals surface area contributed by atoms with E-state index in [9.17, 15) is 4.79 Å². The molecule has 9 heteroatoms. The van der Waals surface area contributed by atoms with Crippen LogP contribution in [-0.2, 0) is 17.8 Å². The molecule has 2 aromatic heterocycles. The molecule has 1 unspecified atom stereocenters. The van der Waals surface area contributed by atoms with Gasteiger partial charge in [0.25, 0.3) is 0 Å². The lowest BCUT2D eigenvalue weighted by molar-refractivity contribution is -0.113. The van der Waals surface area contributed by atoms with Crippen molar-refractivity contribution in [2.75, 3.05) is 11.1 Å². The van der Waals surface area contributed by atoms with E-state index in [-0.39, 0.29) is 17.8 Å². The van der Waals surface area contributed by atoms with E-state index < -0.39 is 0 Å². The maximum atomic E-state index is 12.1. The predicted octanol–water partition coefficient (Wildman–Crippen LogP) is 4.19. The summed E-state index contributed by atoms with van der Waals surface area (Å²) in [6.07, 6.45) is 2.40. The van der Waals surface area contributed by atoms with Crippen LogP contribution in [0.25, 0.3) is 0 Å². The number of hydrogen-bond donors (Lipinski definition) is 1. The Balaban J connectivity index is 1.62. The fraction of sp³-hybridized carbons (Fsp3) is 0.368. The summed E-state index contributed by atoms with van der Waals surface area (Å²) in [6.45, 7) is 6.79. The van der Waals surface area contributed by atoms with Gasteiger partial charge in [-0.05, 0) is 38.0 Å². The molecule has 1 amide bonds. The Morgan fingerprint density at radius 2 is 2.07 bits per heavy atom. The molecule has 1 N–H and O–H groups in total. The van der Waals surface area contributed by atoms with Gasteiger partial charge in [-0.3, -0.25) is 4.79 Å². The molecule has 0 saturated carbocycles. The molecule has 1 aromatic carbocycles. The molecule has 1 atom stereocenters. The van der Waals surface area contributed by atoms with Gasteiger partial charge in [0.15, 0.2) is 22.2 Å². The zero-order valence-electron chi connectivity index (χ0n) is 16.1. The monoisotopic (exact) mass is 417 g/mol. The highest BCUT2D eigenvalue weighted by Crippen LogP contribution is 2.25. The third-order valence-electron chi connectivity index (χ3n) is 4.08. The lowest BCUT2D eigenvalue weighted by atomic mass is 10.2. The maximum absolute atomic E-state index is 12.1. The average Bonchev–Trinajstić information content (AvgIpc) is 3.36. The smallest absolute Gasteiger partial charge is 0.236 e. The van der Waals surface area contributed by atoms with Crippen molar-refractivity contribution in [2.24, 2.45) is 0 Å². The first-order valence-corrected chi connectivity index (χ1v) is 11.0. The van der Waals surface area contributed by atoms with Crippen molar-refractivity contribution in [2.45, 2.75) is 45.0 Å². The highest BCUT2D eigenvalue weighted by Gasteiger charge is 2.19. The summed E-state index contributed by atoms with van der Waals surface area (Å²) in [5.41, 5.74) is 1.27. The second-order valence-electron chi connectivity index (χ2n) is 6.02. The van der Waals surface area contributed by atoms with Gasteiger partial charge >= 0.3 is 0 Å². The minimum Gasteiger partial charge on any atom is -0.483 e. The molecule has 3 rings (SSSR count). The highest BCUT2D eigenvalue weighted by atomic mass is 32.2. The van der Waals surface area contributed by atoms with Crippen LogP contribution in [0.3, 0.4) is 0 Å². The molecular weight excluding hydrogens is 394 g/mol. The molecule has 3 aromatic rings. The SMILES string of the molecule is CCc1ccc(OC(C)c2nnc(SCC(=O)Nc3nccs3)n2CC)cc1. The minimum atomic E-state index is -0.251. The number of carbonyl (C=O) groups excluding carboxylic acids is 1. The summed E-state index contributed by atoms with van der Waals surface area (Å²) in [5.74, 6) is 1.66. The molecule has 0 spiro atoms. The zero-order valence-corrected chi connectivity index (χ0v) is 17.7. The van der Waals surface area contributed by atoms with E-state index in [1.165, 1.54) is 28.7 Å². The summed E-state index contributed by atoms with van der Waals surface area (Å²) in [6, 6.07) is 8.07. The van der Waals surface area contributed by atoms with Gasteiger partial charge in [-0.25, -0.2) is 4.98 Å². The summed E-state index contributed by atoms with van der Waals surface area (Å²) >= 11 is 2.74. The molecule has 28 heavy (non-hydrogen) atoms. The minimum absolute atomic E-state index is 0.118. The van der Waals surface area contributed by atoms with Crippen LogP contribution in [-0.4, -0.2) is 31.4 Å². The molecule has 0 aliphatic carbocycles. The van der Waals surface area contributed by atoms with Crippen LogP contribution in [0.1, 0.15) is 38.3 Å². The Kier molecular flexibility index (Phi) is 7.05. The van der Waals surface area contributed by atoms with E-state index >= 15 is 0 Å². The van der Waals surface area contributed by atoms with Crippen molar-refractivity contribution < 1.29 is 9.53 Å². The van der Waals surface area contributed by atoms with Gasteiger partial charge in [0.2, 0.25) is 5.91 Å². The topological polar surface area (TPSA) is 81.9 Å². The number of benzene rings is 1. The van der Waals surface area contributed by atoms with Gasteiger partial charge in [0.1, 0.15) is 5.75 Å². The molecule has 148 valence electrons. The van der Waals surface area contributed by atoms with Gasteiger partial charge in [0.05, 0.1) is 5.75 Å². The summed E-state index contributed by atoms with van der Waals surface area (Å²) in [4.78, 5) is 16.1. The molecular formula is C19H23N5O2S2. The number of thioether (sulfide) groups is 1. The zero-order chi connectivity index (χ0) is 19.9. The molecule has 0 fully saturated rings. The normalized spacial score (nSPS) is 12.0. The number of carbonyl (C=O) groups is 1. The lowest BCUT2D eigenvalue weighted by Crippen LogP contribution is -2.15. The number of aryl methyl sites for hydroxylation is 1. The Morgan fingerprint density at radius 1 is 1.29 bits per heavy atom. The summed E-state index contributed by atoms with van der Waals surface area (Å²) in [7, 11) is 0. The first kappa shape index (κ1) is 20.3. The van der Waals surface area contributed by atoms with E-state index in [0.717, 1.165) is 18.0 Å². The summed E-state index contributed by atoms with van der Waals surface area (Å²) < 4.78 is 8.01. The van der Waals surface area contributed by atoms with Gasteiger partial charge < -0.3 is 14.6 Å². The first-order chi connectivity index (χ1) is 13.6. The molecule has 0 bridgehead atoms. The van der Waals surface area contributed by atoms with Crippen LogP contribution in [0, 0.1) is 0 Å². The molecule has 0 aliphatic rings. The molecule has 2 heterocycles. The van der Waals surface area contributed by atoms with Gasteiger partial charge in [-0.15, -0.1) is 21.5 Å². The van der Waals surface area contributed by atoms with E-state index in [0.29, 0.717) is 16.8 Å². The fourth-order valence-electron chi connectivity index (χ4n) is 2.64. The van der Waals surface area contributed by atoms with Crippen LogP contribution < -0.4 is 10.1 Å². The predicted molar refractivity (Wildman–Crippen MR) is 112 cm³/mol. The quantitative estimate of drug-likeness (QED) is 0.526. The third kappa shape index (κ3) is 5.11. The number of amides is 1. The van der Waals surface area contributed by atoms with Crippen molar-refractivity contribution in [3.8, 4) is 5.75 Å². The molecule has 7 nitrogen and oxygen atoms in total. The van der Waals surface area contributed by atoms with E-state index in [2.05, 4.69) is 39.6 Å². The maximum Gasteiger partial charge on any atom is 0.236 e. The Labute approximate surface area is 172 Å². The van der Waals surface area contributed by atoms with Crippen LogP contribution in [0.4, 0.5) is 5.13 Å². The lowest BCUT2D eigenvalue weighted by Gasteiger charge is -2.15. The van der Waals surface area contributed by atoms with E-state index in [1.54, 1.807) is 6.20 Å².